The lowest BCUT2D eigenvalue weighted by Gasteiger charge is -2.08. The van der Waals surface area contributed by atoms with E-state index in [0.717, 1.165) is 6.07 Å². The molecule has 2 aromatic rings. The Morgan fingerprint density at radius 3 is 2.67 bits per heavy atom. The van der Waals surface area contributed by atoms with Crippen LogP contribution in [0.5, 0.6) is 11.5 Å². The van der Waals surface area contributed by atoms with E-state index in [1.807, 2.05) is 0 Å². The molecule has 0 atom stereocenters. The number of hydrogen-bond acceptors (Lipinski definition) is 5. The molecule has 0 unspecified atom stereocenters. The predicted molar refractivity (Wildman–Crippen MR) is 69.3 cm³/mol. The van der Waals surface area contributed by atoms with Gasteiger partial charge in [-0.2, -0.15) is 0 Å². The summed E-state index contributed by atoms with van der Waals surface area (Å²) in [6, 6.07) is 2.54. The average molecular weight is 313 g/mol. The summed E-state index contributed by atoms with van der Waals surface area (Å²) in [7, 11) is 0. The van der Waals surface area contributed by atoms with Crippen molar-refractivity contribution in [3.05, 3.63) is 57.1 Å². The van der Waals surface area contributed by atoms with Gasteiger partial charge >= 0.3 is 5.97 Å². The standard InChI is InChI=1S/C12H6ClFN2O5/c13-6-1-7(5-15-4-6)21-11-2-8(12(17)18)10(16(19)20)3-9(11)14/h1-5H,(H,17,18). The molecule has 0 aliphatic rings. The highest BCUT2D eigenvalue weighted by Crippen LogP contribution is 2.31. The van der Waals surface area contributed by atoms with E-state index in [1.165, 1.54) is 18.5 Å². The minimum Gasteiger partial charge on any atom is -0.477 e. The second-order valence-electron chi connectivity index (χ2n) is 3.80. The highest BCUT2D eigenvalue weighted by atomic mass is 35.5. The van der Waals surface area contributed by atoms with E-state index in [4.69, 9.17) is 21.4 Å². The number of hydrogen-bond donors (Lipinski definition) is 1. The van der Waals surface area contributed by atoms with Crippen molar-refractivity contribution in [2.24, 2.45) is 0 Å². The summed E-state index contributed by atoms with van der Waals surface area (Å²) in [6.45, 7) is 0. The summed E-state index contributed by atoms with van der Waals surface area (Å²) in [5.74, 6) is -3.07. The third kappa shape index (κ3) is 3.23. The van der Waals surface area contributed by atoms with Crippen LogP contribution in [0.3, 0.4) is 0 Å². The van der Waals surface area contributed by atoms with Crippen LogP contribution in [0.25, 0.3) is 0 Å². The lowest BCUT2D eigenvalue weighted by Crippen LogP contribution is -2.04. The fourth-order valence-corrected chi connectivity index (χ4v) is 1.68. The zero-order chi connectivity index (χ0) is 15.6. The Balaban J connectivity index is 2.47. The molecule has 0 radical (unpaired) electrons. The first-order valence-corrected chi connectivity index (χ1v) is 5.76. The number of nitro groups is 1. The third-order valence-corrected chi connectivity index (χ3v) is 2.59. The molecular formula is C12H6ClFN2O5. The van der Waals surface area contributed by atoms with Crippen molar-refractivity contribution < 1.29 is 24.0 Å². The van der Waals surface area contributed by atoms with Crippen LogP contribution in [0.4, 0.5) is 10.1 Å². The minimum absolute atomic E-state index is 0.0617. The SMILES string of the molecule is O=C(O)c1cc(Oc2cncc(Cl)c2)c(F)cc1[N+](=O)[O-]. The van der Waals surface area contributed by atoms with E-state index in [9.17, 15) is 19.3 Å². The minimum atomic E-state index is -1.57. The van der Waals surface area contributed by atoms with Gasteiger partial charge in [-0.3, -0.25) is 15.1 Å². The van der Waals surface area contributed by atoms with E-state index < -0.39 is 33.7 Å². The van der Waals surface area contributed by atoms with Gasteiger partial charge in [0.1, 0.15) is 11.3 Å². The van der Waals surface area contributed by atoms with Crippen molar-refractivity contribution in [3.63, 3.8) is 0 Å². The maximum atomic E-state index is 13.8. The lowest BCUT2D eigenvalue weighted by molar-refractivity contribution is -0.385. The zero-order valence-electron chi connectivity index (χ0n) is 10.1. The van der Waals surface area contributed by atoms with Crippen LogP contribution in [-0.4, -0.2) is 21.0 Å². The number of carbonyl (C=O) groups is 1. The number of aromatic carboxylic acids is 1. The molecule has 1 aromatic heterocycles. The van der Waals surface area contributed by atoms with Crippen LogP contribution >= 0.6 is 11.6 Å². The van der Waals surface area contributed by atoms with Crippen LogP contribution in [0.2, 0.25) is 5.02 Å². The molecule has 21 heavy (non-hydrogen) atoms. The van der Waals surface area contributed by atoms with Gasteiger partial charge in [0, 0.05) is 18.3 Å². The van der Waals surface area contributed by atoms with Crippen molar-refractivity contribution in [3.8, 4) is 11.5 Å². The van der Waals surface area contributed by atoms with Gasteiger partial charge in [-0.15, -0.1) is 0 Å². The predicted octanol–water partition coefficient (Wildman–Crippen LogP) is 3.27. The van der Waals surface area contributed by atoms with Gasteiger partial charge in [-0.1, -0.05) is 11.6 Å². The number of carboxylic acids is 1. The molecule has 2 rings (SSSR count). The van der Waals surface area contributed by atoms with Gasteiger partial charge in [0.2, 0.25) is 0 Å². The molecule has 0 saturated heterocycles. The molecule has 0 aliphatic heterocycles. The summed E-state index contributed by atoms with van der Waals surface area (Å²) >= 11 is 5.68. The monoisotopic (exact) mass is 312 g/mol. The number of carboxylic acid groups (broad SMARTS) is 1. The van der Waals surface area contributed by atoms with E-state index >= 15 is 0 Å². The van der Waals surface area contributed by atoms with Crippen molar-refractivity contribution in [1.82, 2.24) is 4.98 Å². The summed E-state index contributed by atoms with van der Waals surface area (Å²) in [6.07, 6.45) is 2.55. The average Bonchev–Trinajstić information content (AvgIpc) is 2.40. The number of rotatable bonds is 4. The molecular weight excluding hydrogens is 307 g/mol. The van der Waals surface area contributed by atoms with Gasteiger partial charge in [-0.05, 0) is 0 Å². The van der Waals surface area contributed by atoms with E-state index in [0.29, 0.717) is 6.07 Å². The summed E-state index contributed by atoms with van der Waals surface area (Å²) in [5.41, 5.74) is -1.55. The first kappa shape index (κ1) is 14.7. The van der Waals surface area contributed by atoms with Gasteiger partial charge in [0.15, 0.2) is 11.6 Å². The number of nitro benzene ring substituents is 1. The fourth-order valence-electron chi connectivity index (χ4n) is 1.52. The van der Waals surface area contributed by atoms with Crippen molar-refractivity contribution >= 4 is 23.3 Å². The zero-order valence-corrected chi connectivity index (χ0v) is 10.9. The van der Waals surface area contributed by atoms with Gasteiger partial charge < -0.3 is 9.84 Å². The molecule has 7 nitrogen and oxygen atoms in total. The van der Waals surface area contributed by atoms with Crippen LogP contribution in [0.15, 0.2) is 30.6 Å². The molecule has 1 aromatic carbocycles. The highest BCUT2D eigenvalue weighted by Gasteiger charge is 2.24. The Labute approximate surface area is 121 Å². The largest absolute Gasteiger partial charge is 0.477 e. The number of halogens is 2. The Morgan fingerprint density at radius 2 is 2.10 bits per heavy atom. The normalized spacial score (nSPS) is 10.2. The summed E-state index contributed by atoms with van der Waals surface area (Å²) in [4.78, 5) is 24.4. The Bertz CT molecular complexity index is 738. The topological polar surface area (TPSA) is 103 Å². The number of benzene rings is 1. The molecule has 1 N–H and O–H groups in total. The van der Waals surface area contributed by atoms with Crippen molar-refractivity contribution in [2.75, 3.05) is 0 Å². The fraction of sp³-hybridized carbons (Fsp3) is 0. The summed E-state index contributed by atoms with van der Waals surface area (Å²) < 4.78 is 18.9. The number of ether oxygens (including phenoxy) is 1. The quantitative estimate of drug-likeness (QED) is 0.686. The third-order valence-electron chi connectivity index (χ3n) is 2.38. The maximum absolute atomic E-state index is 13.8. The molecule has 1 heterocycles. The van der Waals surface area contributed by atoms with Gasteiger partial charge in [0.05, 0.1) is 22.2 Å². The Kier molecular flexibility index (Phi) is 3.99. The smallest absolute Gasteiger partial charge is 0.342 e. The first-order chi connectivity index (χ1) is 9.88. The first-order valence-electron chi connectivity index (χ1n) is 5.38. The van der Waals surface area contributed by atoms with E-state index in [-0.39, 0.29) is 10.8 Å². The summed E-state index contributed by atoms with van der Waals surface area (Å²) in [5, 5.41) is 19.9. The lowest BCUT2D eigenvalue weighted by atomic mass is 10.1. The van der Waals surface area contributed by atoms with Crippen molar-refractivity contribution in [2.45, 2.75) is 0 Å². The second-order valence-corrected chi connectivity index (χ2v) is 4.24. The maximum Gasteiger partial charge on any atom is 0.342 e. The van der Waals surface area contributed by atoms with Crippen LogP contribution in [0.1, 0.15) is 10.4 Å². The van der Waals surface area contributed by atoms with Crippen LogP contribution in [0, 0.1) is 15.9 Å². The molecule has 0 amide bonds. The van der Waals surface area contributed by atoms with Gasteiger partial charge in [0.25, 0.3) is 5.69 Å². The number of nitrogens with zero attached hydrogens (tertiary/aromatic N) is 2. The molecule has 108 valence electrons. The second kappa shape index (κ2) is 5.71. The van der Waals surface area contributed by atoms with Crippen LogP contribution < -0.4 is 4.74 Å². The Morgan fingerprint density at radius 1 is 1.38 bits per heavy atom. The molecule has 0 aliphatic carbocycles. The molecule has 0 fully saturated rings. The molecule has 0 spiro atoms. The highest BCUT2D eigenvalue weighted by molar-refractivity contribution is 6.30. The number of pyridine rings is 1. The van der Waals surface area contributed by atoms with Crippen LogP contribution in [-0.2, 0) is 0 Å². The van der Waals surface area contributed by atoms with E-state index in [1.54, 1.807) is 0 Å². The number of aromatic nitrogens is 1. The Hall–Kier alpha value is -2.74. The molecule has 0 bridgehead atoms. The molecule has 0 saturated carbocycles. The van der Waals surface area contributed by atoms with E-state index in [2.05, 4.69) is 4.98 Å². The van der Waals surface area contributed by atoms with Gasteiger partial charge in [-0.25, -0.2) is 9.18 Å². The van der Waals surface area contributed by atoms with Crippen molar-refractivity contribution in [1.29, 1.82) is 0 Å². The molecule has 9 heteroatoms.